The quantitative estimate of drug-likeness (QED) is 0.601. The van der Waals surface area contributed by atoms with E-state index in [-0.39, 0.29) is 30.7 Å². The highest BCUT2D eigenvalue weighted by Gasteiger charge is 2.35. The van der Waals surface area contributed by atoms with Crippen LogP contribution in [0.4, 0.5) is 15.8 Å². The van der Waals surface area contributed by atoms with Gasteiger partial charge in [0.25, 0.3) is 5.91 Å². The summed E-state index contributed by atoms with van der Waals surface area (Å²) in [4.78, 5) is 39.6. The van der Waals surface area contributed by atoms with Crippen LogP contribution in [0.25, 0.3) is 0 Å². The predicted octanol–water partition coefficient (Wildman–Crippen LogP) is 4.06. The normalized spacial score (nSPS) is 15.4. The first-order chi connectivity index (χ1) is 15.9. The van der Waals surface area contributed by atoms with Crippen LogP contribution in [0.15, 0.2) is 72.8 Å². The molecule has 33 heavy (non-hydrogen) atoms. The molecule has 3 aromatic rings. The zero-order valence-electron chi connectivity index (χ0n) is 18.2. The van der Waals surface area contributed by atoms with Crippen LogP contribution in [-0.2, 0) is 16.1 Å². The lowest BCUT2D eigenvalue weighted by Crippen LogP contribution is -2.29. The van der Waals surface area contributed by atoms with Crippen LogP contribution in [0.2, 0.25) is 0 Å². The summed E-state index contributed by atoms with van der Waals surface area (Å²) < 4.78 is 13.2. The van der Waals surface area contributed by atoms with Crippen LogP contribution in [0, 0.1) is 18.7 Å². The number of carbonyl (C=O) groups excluding carboxylic acids is 3. The minimum absolute atomic E-state index is 0.0466. The number of nitrogens with zero attached hydrogens (tertiary/aromatic N) is 1. The molecule has 2 N–H and O–H groups in total. The van der Waals surface area contributed by atoms with E-state index in [9.17, 15) is 18.8 Å². The number of para-hydroxylation sites is 1. The molecule has 7 heteroatoms. The van der Waals surface area contributed by atoms with E-state index in [0.717, 1.165) is 11.1 Å². The number of hydrogen-bond donors (Lipinski definition) is 2. The van der Waals surface area contributed by atoms with Crippen molar-refractivity contribution in [3.8, 4) is 0 Å². The molecule has 1 saturated heterocycles. The zero-order chi connectivity index (χ0) is 23.4. The van der Waals surface area contributed by atoms with Crippen LogP contribution < -0.4 is 15.5 Å². The fraction of sp³-hybridized carbons (Fsp3) is 0.192. The lowest BCUT2D eigenvalue weighted by molar-refractivity contribution is -0.122. The molecule has 1 aliphatic rings. The minimum atomic E-state index is -0.578. The van der Waals surface area contributed by atoms with Crippen molar-refractivity contribution in [1.82, 2.24) is 5.32 Å². The molecule has 6 nitrogen and oxygen atoms in total. The molecule has 0 spiro atoms. The molecule has 3 amide bonds. The predicted molar refractivity (Wildman–Crippen MR) is 124 cm³/mol. The van der Waals surface area contributed by atoms with E-state index < -0.39 is 11.7 Å². The van der Waals surface area contributed by atoms with Crippen LogP contribution in [0.1, 0.15) is 27.9 Å². The van der Waals surface area contributed by atoms with E-state index >= 15 is 0 Å². The average molecular weight is 445 g/mol. The Morgan fingerprint density at radius 1 is 1.00 bits per heavy atom. The van der Waals surface area contributed by atoms with Crippen molar-refractivity contribution >= 4 is 29.1 Å². The lowest BCUT2D eigenvalue weighted by atomic mass is 10.1. The van der Waals surface area contributed by atoms with Crippen molar-refractivity contribution in [1.29, 1.82) is 0 Å². The third-order valence-electron chi connectivity index (χ3n) is 5.64. The Morgan fingerprint density at radius 3 is 2.42 bits per heavy atom. The van der Waals surface area contributed by atoms with Crippen LogP contribution in [-0.4, -0.2) is 24.3 Å². The Morgan fingerprint density at radius 2 is 1.70 bits per heavy atom. The van der Waals surface area contributed by atoms with Gasteiger partial charge in [0, 0.05) is 25.2 Å². The first-order valence-electron chi connectivity index (χ1n) is 10.7. The number of anilines is 2. The number of benzene rings is 3. The molecule has 168 valence electrons. The summed E-state index contributed by atoms with van der Waals surface area (Å²) in [7, 11) is 0. The topological polar surface area (TPSA) is 78.5 Å². The monoisotopic (exact) mass is 445 g/mol. The molecular weight excluding hydrogens is 421 g/mol. The van der Waals surface area contributed by atoms with Gasteiger partial charge < -0.3 is 15.5 Å². The Hall–Kier alpha value is -4.00. The molecule has 0 bridgehead atoms. The number of carbonyl (C=O) groups is 3. The van der Waals surface area contributed by atoms with Crippen molar-refractivity contribution in [3.63, 3.8) is 0 Å². The highest BCUT2D eigenvalue weighted by atomic mass is 19.1. The molecule has 1 aliphatic heterocycles. The molecule has 0 saturated carbocycles. The number of hydrogen-bond acceptors (Lipinski definition) is 3. The maximum atomic E-state index is 13.2. The fourth-order valence-electron chi connectivity index (χ4n) is 3.76. The van der Waals surface area contributed by atoms with E-state index in [4.69, 9.17) is 0 Å². The van der Waals surface area contributed by atoms with Gasteiger partial charge in [0.1, 0.15) is 5.82 Å². The lowest BCUT2D eigenvalue weighted by Gasteiger charge is -2.17. The van der Waals surface area contributed by atoms with E-state index in [2.05, 4.69) is 10.6 Å². The zero-order valence-corrected chi connectivity index (χ0v) is 18.2. The summed E-state index contributed by atoms with van der Waals surface area (Å²) in [6.07, 6.45) is 0.0466. The van der Waals surface area contributed by atoms with Crippen LogP contribution in [0.5, 0.6) is 0 Å². The molecule has 1 heterocycles. The number of nitrogens with one attached hydrogen (secondary N) is 2. The molecule has 1 fully saturated rings. The SMILES string of the molecule is Cc1ccc(CNC(=O)c2ccccc2NC(=O)[C@@H]2CC(=O)N(c3ccc(F)cc3)C2)cc1. The average Bonchev–Trinajstić information content (AvgIpc) is 3.21. The molecule has 4 rings (SSSR count). The van der Waals surface area contributed by atoms with Gasteiger partial charge in [-0.3, -0.25) is 14.4 Å². The molecule has 3 aromatic carbocycles. The van der Waals surface area contributed by atoms with E-state index in [0.29, 0.717) is 23.5 Å². The molecular formula is C26H24FN3O3. The van der Waals surface area contributed by atoms with Crippen LogP contribution >= 0.6 is 0 Å². The molecule has 0 aliphatic carbocycles. The third kappa shape index (κ3) is 5.26. The van der Waals surface area contributed by atoms with Gasteiger partial charge >= 0.3 is 0 Å². The van der Waals surface area contributed by atoms with Gasteiger partial charge in [-0.25, -0.2) is 4.39 Å². The standard InChI is InChI=1S/C26H24FN3O3/c1-17-6-8-18(9-7-17)15-28-26(33)22-4-2-3-5-23(22)29-25(32)19-14-24(31)30(16-19)21-12-10-20(27)11-13-21/h2-13,19H,14-16H2,1H3,(H,28,33)(H,29,32)/t19-/m1/s1. The summed E-state index contributed by atoms with van der Waals surface area (Å²) >= 11 is 0. The van der Waals surface area contributed by atoms with Crippen molar-refractivity contribution < 1.29 is 18.8 Å². The number of aryl methyl sites for hydroxylation is 1. The van der Waals surface area contributed by atoms with Crippen molar-refractivity contribution in [2.45, 2.75) is 19.9 Å². The largest absolute Gasteiger partial charge is 0.348 e. The van der Waals surface area contributed by atoms with E-state index in [1.54, 1.807) is 24.3 Å². The summed E-state index contributed by atoms with van der Waals surface area (Å²) in [5, 5.41) is 5.68. The highest BCUT2D eigenvalue weighted by Crippen LogP contribution is 2.27. The van der Waals surface area contributed by atoms with E-state index in [1.807, 2.05) is 31.2 Å². The molecule has 0 aromatic heterocycles. The first kappa shape index (κ1) is 22.2. The second-order valence-corrected chi connectivity index (χ2v) is 8.08. The van der Waals surface area contributed by atoms with Gasteiger partial charge in [0.2, 0.25) is 11.8 Å². The second-order valence-electron chi connectivity index (χ2n) is 8.08. The summed E-state index contributed by atoms with van der Waals surface area (Å²) in [6.45, 7) is 2.56. The highest BCUT2D eigenvalue weighted by molar-refractivity contribution is 6.07. The maximum absolute atomic E-state index is 13.2. The van der Waals surface area contributed by atoms with Gasteiger partial charge in [-0.05, 0) is 48.9 Å². The maximum Gasteiger partial charge on any atom is 0.253 e. The summed E-state index contributed by atoms with van der Waals surface area (Å²) in [6, 6.07) is 20.2. The fourth-order valence-corrected chi connectivity index (χ4v) is 3.76. The Bertz CT molecular complexity index is 1180. The van der Waals surface area contributed by atoms with Crippen LogP contribution in [0.3, 0.4) is 0 Å². The Labute approximate surface area is 191 Å². The molecule has 0 radical (unpaired) electrons. The molecule has 0 unspecified atom stereocenters. The minimum Gasteiger partial charge on any atom is -0.348 e. The Balaban J connectivity index is 1.41. The molecule has 1 atom stereocenters. The number of halogens is 1. The Kier molecular flexibility index (Phi) is 6.49. The number of amides is 3. The van der Waals surface area contributed by atoms with Gasteiger partial charge in [-0.15, -0.1) is 0 Å². The smallest absolute Gasteiger partial charge is 0.253 e. The summed E-state index contributed by atoms with van der Waals surface area (Å²) in [5.74, 6) is -1.82. The van der Waals surface area contributed by atoms with Crippen molar-refractivity contribution in [2.75, 3.05) is 16.8 Å². The van der Waals surface area contributed by atoms with Gasteiger partial charge in [0.05, 0.1) is 17.2 Å². The first-order valence-corrected chi connectivity index (χ1v) is 10.7. The van der Waals surface area contributed by atoms with E-state index in [1.165, 1.54) is 29.2 Å². The second kappa shape index (κ2) is 9.65. The van der Waals surface area contributed by atoms with Crippen molar-refractivity contribution in [2.24, 2.45) is 5.92 Å². The number of rotatable bonds is 6. The van der Waals surface area contributed by atoms with Gasteiger partial charge in [-0.1, -0.05) is 42.0 Å². The van der Waals surface area contributed by atoms with Gasteiger partial charge in [-0.2, -0.15) is 0 Å². The third-order valence-corrected chi connectivity index (χ3v) is 5.64. The van der Waals surface area contributed by atoms with Gasteiger partial charge in [0.15, 0.2) is 0 Å². The summed E-state index contributed by atoms with van der Waals surface area (Å²) in [5.41, 5.74) is 3.39. The van der Waals surface area contributed by atoms with Crippen molar-refractivity contribution in [3.05, 3.63) is 95.3 Å².